The molecule has 3 heteroatoms. The third kappa shape index (κ3) is 5.13. The number of furan rings is 1. The van der Waals surface area contributed by atoms with E-state index in [4.69, 9.17) is 9.15 Å². The minimum atomic E-state index is 0.852. The molecular weight excluding hydrogens is 671 g/mol. The van der Waals surface area contributed by atoms with Crippen LogP contribution in [-0.4, -0.2) is 0 Å². The van der Waals surface area contributed by atoms with Crippen LogP contribution in [0.3, 0.4) is 0 Å². The molecule has 0 saturated carbocycles. The molecule has 0 unspecified atom stereocenters. The maximum atomic E-state index is 6.70. The fourth-order valence-electron chi connectivity index (χ4n) is 8.34. The van der Waals surface area contributed by atoms with Gasteiger partial charge < -0.3 is 14.1 Å². The molecule has 0 aliphatic carbocycles. The number of nitrogens with zero attached hydrogens (tertiary/aromatic N) is 1. The van der Waals surface area contributed by atoms with Crippen LogP contribution in [0.4, 0.5) is 17.1 Å². The van der Waals surface area contributed by atoms with Crippen LogP contribution in [0.5, 0.6) is 11.5 Å². The van der Waals surface area contributed by atoms with Crippen molar-refractivity contribution in [2.24, 2.45) is 0 Å². The van der Waals surface area contributed by atoms with Gasteiger partial charge in [-0.2, -0.15) is 0 Å². The lowest BCUT2D eigenvalue weighted by molar-refractivity contribution is 0.488. The first-order chi connectivity index (χ1) is 27.3. The largest absolute Gasteiger partial charge is 0.456 e. The lowest BCUT2D eigenvalue weighted by Gasteiger charge is -2.28. The molecule has 0 amide bonds. The Bertz CT molecular complexity index is 3050. The monoisotopic (exact) mass is 703 g/mol. The van der Waals surface area contributed by atoms with Gasteiger partial charge in [-0.15, -0.1) is 0 Å². The van der Waals surface area contributed by atoms with Gasteiger partial charge in [-0.05, 0) is 87.8 Å². The first-order valence-corrected chi connectivity index (χ1v) is 18.7. The van der Waals surface area contributed by atoms with Crippen LogP contribution in [0, 0.1) is 0 Å². The number of hydrogen-bond acceptors (Lipinski definition) is 3. The van der Waals surface area contributed by atoms with Crippen LogP contribution in [0.2, 0.25) is 0 Å². The summed E-state index contributed by atoms with van der Waals surface area (Å²) < 4.78 is 13.1. The summed E-state index contributed by atoms with van der Waals surface area (Å²) in [6, 6.07) is 70.9. The molecule has 0 fully saturated rings. The molecule has 0 N–H and O–H groups in total. The minimum Gasteiger partial charge on any atom is -0.456 e. The number of benzene rings is 9. The summed E-state index contributed by atoms with van der Waals surface area (Å²) in [5.41, 5.74) is 14.1. The van der Waals surface area contributed by atoms with Gasteiger partial charge in [-0.3, -0.25) is 0 Å². The molecule has 0 atom stereocenters. The zero-order valence-electron chi connectivity index (χ0n) is 29.8. The van der Waals surface area contributed by atoms with Crippen molar-refractivity contribution in [1.29, 1.82) is 0 Å². The molecule has 258 valence electrons. The van der Waals surface area contributed by atoms with Gasteiger partial charge in [0.05, 0.1) is 5.69 Å². The first-order valence-electron chi connectivity index (χ1n) is 18.7. The third-order valence-corrected chi connectivity index (χ3v) is 10.9. The summed E-state index contributed by atoms with van der Waals surface area (Å²) in [5, 5.41) is 4.52. The van der Waals surface area contributed by atoms with Crippen LogP contribution in [-0.2, 0) is 0 Å². The van der Waals surface area contributed by atoms with Crippen LogP contribution >= 0.6 is 0 Å². The minimum absolute atomic E-state index is 0.852. The van der Waals surface area contributed by atoms with E-state index in [-0.39, 0.29) is 0 Å². The molecule has 3 nitrogen and oxygen atoms in total. The SMILES string of the molecule is c1ccc(-c2ccc(N(c3ccc(-c4cccc5c4oc4ccccc45)cc3)c3cccc4c5c(ccc34)Oc3ccccc3-c3ccccc3-5)cc2)cc1. The number of rotatable bonds is 5. The highest BCUT2D eigenvalue weighted by atomic mass is 16.5. The zero-order valence-corrected chi connectivity index (χ0v) is 29.8. The Morgan fingerprint density at radius 1 is 0.327 bits per heavy atom. The van der Waals surface area contributed by atoms with Gasteiger partial charge in [-0.1, -0.05) is 146 Å². The summed E-state index contributed by atoms with van der Waals surface area (Å²) >= 11 is 0. The van der Waals surface area contributed by atoms with Crippen LogP contribution in [0.15, 0.2) is 205 Å². The molecule has 2 heterocycles. The van der Waals surface area contributed by atoms with E-state index in [1.54, 1.807) is 0 Å². The normalized spacial score (nSPS) is 11.8. The second kappa shape index (κ2) is 12.6. The summed E-state index contributed by atoms with van der Waals surface area (Å²) in [4.78, 5) is 2.37. The predicted octanol–water partition coefficient (Wildman–Crippen LogP) is 15.0. The van der Waals surface area contributed by atoms with E-state index in [0.717, 1.165) is 94.7 Å². The van der Waals surface area contributed by atoms with Crippen molar-refractivity contribution < 1.29 is 9.15 Å². The Morgan fingerprint density at radius 3 is 1.75 bits per heavy atom. The molecule has 11 rings (SSSR count). The van der Waals surface area contributed by atoms with E-state index < -0.39 is 0 Å². The summed E-state index contributed by atoms with van der Waals surface area (Å²) in [6.45, 7) is 0. The summed E-state index contributed by atoms with van der Waals surface area (Å²) in [7, 11) is 0. The molecular formula is C52H33NO2. The topological polar surface area (TPSA) is 25.6 Å². The summed E-state index contributed by atoms with van der Waals surface area (Å²) in [6.07, 6.45) is 0. The van der Waals surface area contributed by atoms with Gasteiger partial charge in [-0.25, -0.2) is 0 Å². The Morgan fingerprint density at radius 2 is 0.927 bits per heavy atom. The van der Waals surface area contributed by atoms with Gasteiger partial charge in [0, 0.05) is 44.2 Å². The molecule has 10 aromatic rings. The van der Waals surface area contributed by atoms with Crippen LogP contribution < -0.4 is 9.64 Å². The molecule has 1 aliphatic rings. The number of ether oxygens (including phenoxy) is 1. The van der Waals surface area contributed by atoms with E-state index in [9.17, 15) is 0 Å². The highest BCUT2D eigenvalue weighted by Gasteiger charge is 2.24. The van der Waals surface area contributed by atoms with Gasteiger partial charge in [0.1, 0.15) is 22.7 Å². The average Bonchev–Trinajstić information content (AvgIpc) is 3.57. The molecule has 0 radical (unpaired) electrons. The standard InChI is InChI=1S/C52H33NO2/c1-2-12-34(13-3-1)35-24-28-37(29-25-35)53(38-30-26-36(27-31-38)39-18-10-20-46-43-16-7-9-23-49(43)55-52(39)46)47-21-11-19-45-41(47)32-33-50-51(45)44-17-5-4-14-40(44)42-15-6-8-22-48(42)54-50/h1-33H. The van der Waals surface area contributed by atoms with Crippen molar-refractivity contribution >= 4 is 49.8 Å². The second-order valence-electron chi connectivity index (χ2n) is 14.0. The van der Waals surface area contributed by atoms with E-state index in [1.807, 2.05) is 18.2 Å². The van der Waals surface area contributed by atoms with E-state index in [1.165, 1.54) is 11.1 Å². The van der Waals surface area contributed by atoms with Crippen molar-refractivity contribution in [3.8, 4) is 56.0 Å². The zero-order chi connectivity index (χ0) is 36.3. The molecule has 1 aliphatic heterocycles. The highest BCUT2D eigenvalue weighted by molar-refractivity contribution is 6.11. The molecule has 9 aromatic carbocycles. The van der Waals surface area contributed by atoms with Gasteiger partial charge in [0.15, 0.2) is 0 Å². The Balaban J connectivity index is 1.09. The smallest absolute Gasteiger partial charge is 0.143 e. The molecule has 0 bridgehead atoms. The number of hydrogen-bond donors (Lipinski definition) is 0. The number of para-hydroxylation sites is 3. The quantitative estimate of drug-likeness (QED) is 0.178. The van der Waals surface area contributed by atoms with Gasteiger partial charge >= 0.3 is 0 Å². The first kappa shape index (κ1) is 31.2. The van der Waals surface area contributed by atoms with Gasteiger partial charge in [0.25, 0.3) is 0 Å². The Kier molecular flexibility index (Phi) is 7.17. The molecule has 0 saturated heterocycles. The van der Waals surface area contributed by atoms with Crippen LogP contribution in [0.25, 0.3) is 77.2 Å². The van der Waals surface area contributed by atoms with Crippen LogP contribution in [0.1, 0.15) is 0 Å². The fourth-order valence-corrected chi connectivity index (χ4v) is 8.34. The average molecular weight is 704 g/mol. The summed E-state index contributed by atoms with van der Waals surface area (Å²) in [5.74, 6) is 1.72. The lowest BCUT2D eigenvalue weighted by atomic mass is 9.91. The van der Waals surface area contributed by atoms with E-state index in [2.05, 4.69) is 187 Å². The molecule has 0 spiro atoms. The van der Waals surface area contributed by atoms with Crippen molar-refractivity contribution in [2.75, 3.05) is 4.90 Å². The van der Waals surface area contributed by atoms with E-state index in [0.29, 0.717) is 0 Å². The van der Waals surface area contributed by atoms with Crippen molar-refractivity contribution in [1.82, 2.24) is 0 Å². The number of anilines is 3. The van der Waals surface area contributed by atoms with Gasteiger partial charge in [0.2, 0.25) is 0 Å². The maximum Gasteiger partial charge on any atom is 0.143 e. The predicted molar refractivity (Wildman–Crippen MR) is 228 cm³/mol. The van der Waals surface area contributed by atoms with Crippen molar-refractivity contribution in [3.63, 3.8) is 0 Å². The van der Waals surface area contributed by atoms with Crippen molar-refractivity contribution in [3.05, 3.63) is 200 Å². The lowest BCUT2D eigenvalue weighted by Crippen LogP contribution is -2.10. The Labute approximate surface area is 318 Å². The fraction of sp³-hybridized carbons (Fsp3) is 0. The van der Waals surface area contributed by atoms with E-state index >= 15 is 0 Å². The maximum absolute atomic E-state index is 6.70. The highest BCUT2D eigenvalue weighted by Crippen LogP contribution is 2.51. The second-order valence-corrected chi connectivity index (χ2v) is 14.0. The number of fused-ring (bicyclic) bond motifs is 10. The Hall–Kier alpha value is -7.36. The van der Waals surface area contributed by atoms with Crippen molar-refractivity contribution in [2.45, 2.75) is 0 Å². The third-order valence-electron chi connectivity index (χ3n) is 10.9. The molecule has 1 aromatic heterocycles. The molecule has 55 heavy (non-hydrogen) atoms.